The minimum absolute atomic E-state index is 0.0147. The SMILES string of the molecule is CCn1cc(NC(=O)C2CCN([C@@H](C)C(=O)NC(C)(C)C)CC2)cn1. The first-order valence-corrected chi connectivity index (χ1v) is 9.09. The van der Waals surface area contributed by atoms with Gasteiger partial charge in [-0.15, -0.1) is 0 Å². The molecule has 0 saturated carbocycles. The molecular weight excluding hydrogens is 318 g/mol. The number of carbonyl (C=O) groups is 2. The standard InChI is InChI=1S/C18H31N5O2/c1-6-23-12-15(11-19-23)20-17(25)14-7-9-22(10-8-14)13(2)16(24)21-18(3,4)5/h11-14H,6-10H2,1-5H3,(H,20,25)(H,21,24)/t13-/m0/s1. The van der Waals surface area contributed by atoms with Gasteiger partial charge in [-0.25, -0.2) is 0 Å². The highest BCUT2D eigenvalue weighted by Crippen LogP contribution is 2.21. The van der Waals surface area contributed by atoms with Gasteiger partial charge in [-0.05, 0) is 60.5 Å². The van der Waals surface area contributed by atoms with Crippen molar-refractivity contribution in [3.8, 4) is 0 Å². The Morgan fingerprint density at radius 2 is 1.96 bits per heavy atom. The van der Waals surface area contributed by atoms with Crippen LogP contribution >= 0.6 is 0 Å². The number of likely N-dealkylation sites (tertiary alicyclic amines) is 1. The molecule has 0 radical (unpaired) electrons. The molecule has 2 heterocycles. The van der Waals surface area contributed by atoms with Crippen LogP contribution in [0.4, 0.5) is 5.69 Å². The Morgan fingerprint density at radius 3 is 2.48 bits per heavy atom. The number of piperidine rings is 1. The molecule has 1 atom stereocenters. The van der Waals surface area contributed by atoms with Crippen LogP contribution in [-0.2, 0) is 16.1 Å². The van der Waals surface area contributed by atoms with E-state index in [1.54, 1.807) is 10.9 Å². The van der Waals surface area contributed by atoms with Crippen LogP contribution < -0.4 is 10.6 Å². The second-order valence-corrected chi connectivity index (χ2v) is 7.80. The summed E-state index contributed by atoms with van der Waals surface area (Å²) in [4.78, 5) is 26.9. The normalized spacial score (nSPS) is 18.0. The number of rotatable bonds is 5. The van der Waals surface area contributed by atoms with Crippen molar-refractivity contribution >= 4 is 17.5 Å². The average molecular weight is 349 g/mol. The Hall–Kier alpha value is -1.89. The second-order valence-electron chi connectivity index (χ2n) is 7.80. The van der Waals surface area contributed by atoms with Crippen LogP contribution in [0.5, 0.6) is 0 Å². The molecule has 0 spiro atoms. The van der Waals surface area contributed by atoms with Crippen LogP contribution in [0.25, 0.3) is 0 Å². The van der Waals surface area contributed by atoms with Crippen LogP contribution in [-0.4, -0.2) is 51.2 Å². The van der Waals surface area contributed by atoms with E-state index in [4.69, 9.17) is 0 Å². The third-order valence-corrected chi connectivity index (χ3v) is 4.55. The average Bonchev–Trinajstić information content (AvgIpc) is 3.00. The lowest BCUT2D eigenvalue weighted by Crippen LogP contribution is -2.53. The summed E-state index contributed by atoms with van der Waals surface area (Å²) in [5.74, 6) is 0.0728. The first kappa shape index (κ1) is 19.4. The van der Waals surface area contributed by atoms with Crippen molar-refractivity contribution in [3.63, 3.8) is 0 Å². The zero-order valence-electron chi connectivity index (χ0n) is 16.0. The highest BCUT2D eigenvalue weighted by molar-refractivity contribution is 5.92. The first-order valence-electron chi connectivity index (χ1n) is 9.09. The Morgan fingerprint density at radius 1 is 1.32 bits per heavy atom. The number of aryl methyl sites for hydroxylation is 1. The van der Waals surface area contributed by atoms with E-state index in [2.05, 4.69) is 20.6 Å². The molecule has 1 aromatic heterocycles. The van der Waals surface area contributed by atoms with Gasteiger partial charge in [0.1, 0.15) is 0 Å². The topological polar surface area (TPSA) is 79.3 Å². The molecule has 0 bridgehead atoms. The Balaban J connectivity index is 1.82. The number of anilines is 1. The van der Waals surface area contributed by atoms with Gasteiger partial charge in [0.15, 0.2) is 0 Å². The van der Waals surface area contributed by atoms with E-state index in [1.807, 2.05) is 40.8 Å². The maximum absolute atomic E-state index is 12.4. The fourth-order valence-corrected chi connectivity index (χ4v) is 3.03. The van der Waals surface area contributed by atoms with Crippen LogP contribution in [0.3, 0.4) is 0 Å². The highest BCUT2D eigenvalue weighted by atomic mass is 16.2. The molecule has 2 amide bonds. The fourth-order valence-electron chi connectivity index (χ4n) is 3.03. The van der Waals surface area contributed by atoms with Crippen molar-refractivity contribution in [1.82, 2.24) is 20.0 Å². The molecule has 0 unspecified atom stereocenters. The quantitative estimate of drug-likeness (QED) is 0.850. The van der Waals surface area contributed by atoms with Gasteiger partial charge in [0.2, 0.25) is 11.8 Å². The zero-order valence-corrected chi connectivity index (χ0v) is 16.0. The Bertz CT molecular complexity index is 597. The maximum Gasteiger partial charge on any atom is 0.237 e. The maximum atomic E-state index is 12.4. The number of aromatic nitrogens is 2. The highest BCUT2D eigenvalue weighted by Gasteiger charge is 2.30. The summed E-state index contributed by atoms with van der Waals surface area (Å²) in [6.07, 6.45) is 5.04. The van der Waals surface area contributed by atoms with Crippen molar-refractivity contribution in [3.05, 3.63) is 12.4 Å². The summed E-state index contributed by atoms with van der Waals surface area (Å²) in [7, 11) is 0. The van der Waals surface area contributed by atoms with Gasteiger partial charge in [0.05, 0.1) is 17.9 Å². The van der Waals surface area contributed by atoms with Crippen LogP contribution in [0.2, 0.25) is 0 Å². The van der Waals surface area contributed by atoms with Crippen molar-refractivity contribution in [2.45, 2.75) is 65.6 Å². The summed E-state index contributed by atoms with van der Waals surface area (Å²) < 4.78 is 1.79. The molecule has 1 saturated heterocycles. The minimum Gasteiger partial charge on any atom is -0.350 e. The molecule has 140 valence electrons. The van der Waals surface area contributed by atoms with Gasteiger partial charge in [-0.1, -0.05) is 0 Å². The fraction of sp³-hybridized carbons (Fsp3) is 0.722. The van der Waals surface area contributed by atoms with Crippen molar-refractivity contribution in [2.75, 3.05) is 18.4 Å². The van der Waals surface area contributed by atoms with Crippen molar-refractivity contribution < 1.29 is 9.59 Å². The lowest BCUT2D eigenvalue weighted by molar-refractivity contribution is -0.128. The number of amides is 2. The molecule has 0 aromatic carbocycles. The molecule has 2 N–H and O–H groups in total. The lowest BCUT2D eigenvalue weighted by Gasteiger charge is -2.36. The van der Waals surface area contributed by atoms with Crippen molar-refractivity contribution in [1.29, 1.82) is 0 Å². The molecule has 1 aromatic rings. The molecule has 7 nitrogen and oxygen atoms in total. The molecule has 1 aliphatic rings. The van der Waals surface area contributed by atoms with E-state index in [9.17, 15) is 9.59 Å². The second kappa shape index (κ2) is 7.99. The number of nitrogens with one attached hydrogen (secondary N) is 2. The van der Waals surface area contributed by atoms with E-state index >= 15 is 0 Å². The molecule has 25 heavy (non-hydrogen) atoms. The van der Waals surface area contributed by atoms with E-state index < -0.39 is 0 Å². The van der Waals surface area contributed by atoms with Crippen LogP contribution in [0.15, 0.2) is 12.4 Å². The molecule has 2 rings (SSSR count). The first-order chi connectivity index (χ1) is 11.7. The Kier molecular flexibility index (Phi) is 6.21. The van der Waals surface area contributed by atoms with Gasteiger partial charge in [0, 0.05) is 24.2 Å². The lowest BCUT2D eigenvalue weighted by atomic mass is 9.94. The van der Waals surface area contributed by atoms with E-state index in [-0.39, 0.29) is 29.3 Å². The van der Waals surface area contributed by atoms with E-state index in [0.29, 0.717) is 0 Å². The number of hydrogen-bond donors (Lipinski definition) is 2. The van der Waals surface area contributed by atoms with Crippen LogP contribution in [0.1, 0.15) is 47.5 Å². The summed E-state index contributed by atoms with van der Waals surface area (Å²) in [6, 6.07) is -0.175. The molecule has 0 aliphatic carbocycles. The number of carbonyl (C=O) groups excluding carboxylic acids is 2. The molecule has 7 heteroatoms. The molecule has 1 aliphatic heterocycles. The van der Waals surface area contributed by atoms with Gasteiger partial charge >= 0.3 is 0 Å². The smallest absolute Gasteiger partial charge is 0.237 e. The summed E-state index contributed by atoms with van der Waals surface area (Å²) in [5.41, 5.74) is 0.513. The number of nitrogens with zero attached hydrogens (tertiary/aromatic N) is 3. The zero-order chi connectivity index (χ0) is 18.6. The van der Waals surface area contributed by atoms with Crippen LogP contribution in [0, 0.1) is 5.92 Å². The van der Waals surface area contributed by atoms with Gasteiger partial charge in [-0.2, -0.15) is 5.10 Å². The van der Waals surface area contributed by atoms with Gasteiger partial charge in [0.25, 0.3) is 0 Å². The van der Waals surface area contributed by atoms with Crippen molar-refractivity contribution in [2.24, 2.45) is 5.92 Å². The minimum atomic E-state index is -0.230. The van der Waals surface area contributed by atoms with E-state index in [0.717, 1.165) is 38.2 Å². The molecular formula is C18H31N5O2. The third kappa shape index (κ3) is 5.56. The number of hydrogen-bond acceptors (Lipinski definition) is 4. The van der Waals surface area contributed by atoms with E-state index in [1.165, 1.54) is 0 Å². The Labute approximate surface area is 150 Å². The summed E-state index contributed by atoms with van der Waals surface area (Å²) in [6.45, 7) is 12.2. The predicted molar refractivity (Wildman–Crippen MR) is 98.2 cm³/mol. The largest absolute Gasteiger partial charge is 0.350 e. The summed E-state index contributed by atoms with van der Waals surface area (Å²) >= 11 is 0. The van der Waals surface area contributed by atoms with Gasteiger partial charge < -0.3 is 10.6 Å². The monoisotopic (exact) mass is 349 g/mol. The van der Waals surface area contributed by atoms with Gasteiger partial charge in [-0.3, -0.25) is 19.2 Å². The summed E-state index contributed by atoms with van der Waals surface area (Å²) in [5, 5.41) is 10.1. The predicted octanol–water partition coefficient (Wildman–Crippen LogP) is 1.86. The third-order valence-electron chi connectivity index (χ3n) is 4.55. The molecule has 1 fully saturated rings.